The van der Waals surface area contributed by atoms with E-state index in [0.29, 0.717) is 19.3 Å². The Morgan fingerprint density at radius 2 is 0.474 bits per heavy atom. The second-order valence-electron chi connectivity index (χ2n) is 23.1. The number of hydrogen-bond acceptors (Lipinski definition) is 6. The largest absolute Gasteiger partial charge is 0.462 e. The molecule has 6 heteroatoms. The molecule has 446 valence electrons. The van der Waals surface area contributed by atoms with Gasteiger partial charge in [0.05, 0.1) is 0 Å². The van der Waals surface area contributed by atoms with E-state index in [-0.39, 0.29) is 31.1 Å². The van der Waals surface area contributed by atoms with Crippen molar-refractivity contribution in [1.82, 2.24) is 0 Å². The van der Waals surface area contributed by atoms with Gasteiger partial charge in [-0.3, -0.25) is 14.4 Å². The normalized spacial score (nSPS) is 12.2. The molecule has 0 saturated heterocycles. The van der Waals surface area contributed by atoms with Crippen LogP contribution in [0.25, 0.3) is 0 Å². The molecule has 0 aromatic carbocycles. The molecule has 0 amide bonds. The fraction of sp³-hybridized carbons (Fsp3) is 0.871. The number of carbonyl (C=O) groups excluding carboxylic acids is 3. The molecule has 0 saturated carbocycles. The average Bonchev–Trinajstić information content (AvgIpc) is 3.42. The van der Waals surface area contributed by atoms with E-state index in [1.165, 1.54) is 250 Å². The smallest absolute Gasteiger partial charge is 0.306 e. The molecule has 0 N–H and O–H groups in total. The summed E-state index contributed by atoms with van der Waals surface area (Å²) in [5.74, 6) is -0.863. The summed E-state index contributed by atoms with van der Waals surface area (Å²) in [6, 6.07) is 0. The summed E-state index contributed by atoms with van der Waals surface area (Å²) in [5.41, 5.74) is 0. The molecular formula is C70H130O6. The number of ether oxygens (including phenoxy) is 3. The standard InChI is InChI=1S/C70H130O6/c1-4-7-10-13-16-19-22-25-27-28-29-30-31-32-33-34-35-36-37-38-39-40-41-42-44-45-48-51-54-57-60-63-69(72)75-66-67(65-74-68(71)62-59-56-53-50-47-24-21-18-15-12-9-6-3)76-70(73)64-61-58-55-52-49-46-43-26-23-20-17-14-11-8-5-2/h17,20,26,28-29,43,67H,4-16,18-19,21-25,27,30-42,44-66H2,1-3H3/b20-17-,29-28-,43-26-. The lowest BCUT2D eigenvalue weighted by Gasteiger charge is -2.18. The van der Waals surface area contributed by atoms with Gasteiger partial charge in [0.25, 0.3) is 0 Å². The van der Waals surface area contributed by atoms with E-state index in [9.17, 15) is 14.4 Å². The molecule has 6 nitrogen and oxygen atoms in total. The van der Waals surface area contributed by atoms with Crippen LogP contribution in [0, 0.1) is 0 Å². The Morgan fingerprint density at radius 1 is 0.263 bits per heavy atom. The van der Waals surface area contributed by atoms with E-state index < -0.39 is 6.10 Å². The molecule has 0 radical (unpaired) electrons. The van der Waals surface area contributed by atoms with Crippen LogP contribution in [-0.4, -0.2) is 37.2 Å². The Labute approximate surface area is 474 Å². The number of carbonyl (C=O) groups is 3. The van der Waals surface area contributed by atoms with Crippen LogP contribution in [0.1, 0.15) is 374 Å². The zero-order chi connectivity index (χ0) is 55.0. The summed E-state index contributed by atoms with van der Waals surface area (Å²) in [5, 5.41) is 0. The molecule has 0 spiro atoms. The highest BCUT2D eigenvalue weighted by molar-refractivity contribution is 5.71. The van der Waals surface area contributed by atoms with Crippen molar-refractivity contribution < 1.29 is 28.6 Å². The number of unbranched alkanes of at least 4 members (excludes halogenated alkanes) is 46. The maximum atomic E-state index is 12.9. The lowest BCUT2D eigenvalue weighted by molar-refractivity contribution is -0.167. The van der Waals surface area contributed by atoms with E-state index in [0.717, 1.165) is 83.5 Å². The number of esters is 3. The Balaban J connectivity index is 4.10. The van der Waals surface area contributed by atoms with Gasteiger partial charge in [0, 0.05) is 19.3 Å². The van der Waals surface area contributed by atoms with Crippen molar-refractivity contribution in [3.8, 4) is 0 Å². The first-order chi connectivity index (χ1) is 37.5. The van der Waals surface area contributed by atoms with Crippen LogP contribution in [0.15, 0.2) is 36.5 Å². The van der Waals surface area contributed by atoms with Gasteiger partial charge in [0.1, 0.15) is 13.2 Å². The SMILES string of the molecule is CCCCC/C=C\C/C=C\CCCCCCCC(=O)OC(COC(=O)CCCCCCCCCCCCCC)COC(=O)CCCCCCCCCCCCCCCCCCCCC/C=C\CCCCCCCCCC. The fourth-order valence-corrected chi connectivity index (χ4v) is 10.2. The summed E-state index contributed by atoms with van der Waals surface area (Å²) in [6.07, 6.45) is 80.4. The van der Waals surface area contributed by atoms with Crippen molar-refractivity contribution in [3.05, 3.63) is 36.5 Å². The van der Waals surface area contributed by atoms with Crippen LogP contribution in [0.2, 0.25) is 0 Å². The van der Waals surface area contributed by atoms with Crippen molar-refractivity contribution in [1.29, 1.82) is 0 Å². The molecule has 0 aliphatic rings. The summed E-state index contributed by atoms with van der Waals surface area (Å²) in [6.45, 7) is 6.65. The molecule has 76 heavy (non-hydrogen) atoms. The third-order valence-electron chi connectivity index (χ3n) is 15.4. The maximum Gasteiger partial charge on any atom is 0.306 e. The van der Waals surface area contributed by atoms with E-state index in [1.807, 2.05) is 0 Å². The third kappa shape index (κ3) is 62.5. The Morgan fingerprint density at radius 3 is 0.763 bits per heavy atom. The minimum atomic E-state index is -0.776. The fourth-order valence-electron chi connectivity index (χ4n) is 10.2. The third-order valence-corrected chi connectivity index (χ3v) is 15.4. The van der Waals surface area contributed by atoms with Gasteiger partial charge in [-0.05, 0) is 77.0 Å². The molecule has 0 bridgehead atoms. The molecule has 0 fully saturated rings. The summed E-state index contributed by atoms with van der Waals surface area (Å²) in [4.78, 5) is 38.3. The summed E-state index contributed by atoms with van der Waals surface area (Å²) in [7, 11) is 0. The predicted molar refractivity (Wildman–Crippen MR) is 330 cm³/mol. The zero-order valence-corrected chi connectivity index (χ0v) is 51.3. The van der Waals surface area contributed by atoms with Gasteiger partial charge in [-0.2, -0.15) is 0 Å². The topological polar surface area (TPSA) is 78.9 Å². The van der Waals surface area contributed by atoms with Crippen LogP contribution >= 0.6 is 0 Å². The molecule has 0 aromatic rings. The Kier molecular flexibility index (Phi) is 63.1. The molecule has 0 aliphatic carbocycles. The number of hydrogen-bond donors (Lipinski definition) is 0. The van der Waals surface area contributed by atoms with Crippen molar-refractivity contribution >= 4 is 17.9 Å². The molecule has 0 aromatic heterocycles. The van der Waals surface area contributed by atoms with Crippen molar-refractivity contribution in [2.24, 2.45) is 0 Å². The molecular weight excluding hydrogens is 937 g/mol. The number of rotatable bonds is 63. The summed E-state index contributed by atoms with van der Waals surface area (Å²) >= 11 is 0. The van der Waals surface area contributed by atoms with Gasteiger partial charge in [0.15, 0.2) is 6.10 Å². The van der Waals surface area contributed by atoms with E-state index in [1.54, 1.807) is 0 Å². The van der Waals surface area contributed by atoms with Crippen LogP contribution in [0.3, 0.4) is 0 Å². The van der Waals surface area contributed by atoms with Gasteiger partial charge < -0.3 is 14.2 Å². The Bertz CT molecular complexity index is 1270. The second kappa shape index (κ2) is 65.2. The number of allylic oxidation sites excluding steroid dienone is 6. The molecule has 0 aliphatic heterocycles. The van der Waals surface area contributed by atoms with Gasteiger partial charge in [-0.1, -0.05) is 314 Å². The minimum absolute atomic E-state index is 0.0727. The van der Waals surface area contributed by atoms with Crippen LogP contribution in [0.4, 0.5) is 0 Å². The molecule has 0 heterocycles. The van der Waals surface area contributed by atoms with Gasteiger partial charge in [-0.25, -0.2) is 0 Å². The van der Waals surface area contributed by atoms with E-state index >= 15 is 0 Å². The molecule has 0 rings (SSSR count). The first kappa shape index (κ1) is 73.6. The predicted octanol–water partition coefficient (Wildman–Crippen LogP) is 23.2. The van der Waals surface area contributed by atoms with Crippen LogP contribution in [-0.2, 0) is 28.6 Å². The van der Waals surface area contributed by atoms with Gasteiger partial charge >= 0.3 is 17.9 Å². The van der Waals surface area contributed by atoms with E-state index in [4.69, 9.17) is 14.2 Å². The highest BCUT2D eigenvalue weighted by atomic mass is 16.6. The Hall–Kier alpha value is -2.37. The van der Waals surface area contributed by atoms with Crippen LogP contribution < -0.4 is 0 Å². The monoisotopic (exact) mass is 1070 g/mol. The molecule has 1 atom stereocenters. The first-order valence-electron chi connectivity index (χ1n) is 34.0. The average molecular weight is 1070 g/mol. The van der Waals surface area contributed by atoms with Crippen LogP contribution in [0.5, 0.6) is 0 Å². The zero-order valence-electron chi connectivity index (χ0n) is 51.3. The van der Waals surface area contributed by atoms with Gasteiger partial charge in [-0.15, -0.1) is 0 Å². The summed E-state index contributed by atoms with van der Waals surface area (Å²) < 4.78 is 16.9. The molecule has 1 unspecified atom stereocenters. The lowest BCUT2D eigenvalue weighted by atomic mass is 10.0. The van der Waals surface area contributed by atoms with E-state index in [2.05, 4.69) is 57.2 Å². The first-order valence-corrected chi connectivity index (χ1v) is 34.0. The van der Waals surface area contributed by atoms with Crippen molar-refractivity contribution in [2.45, 2.75) is 380 Å². The van der Waals surface area contributed by atoms with Crippen molar-refractivity contribution in [2.75, 3.05) is 13.2 Å². The maximum absolute atomic E-state index is 12.9. The van der Waals surface area contributed by atoms with Gasteiger partial charge in [0.2, 0.25) is 0 Å². The highest BCUT2D eigenvalue weighted by Crippen LogP contribution is 2.18. The second-order valence-corrected chi connectivity index (χ2v) is 23.1. The minimum Gasteiger partial charge on any atom is -0.462 e. The highest BCUT2D eigenvalue weighted by Gasteiger charge is 2.19. The lowest BCUT2D eigenvalue weighted by Crippen LogP contribution is -2.30. The quantitative estimate of drug-likeness (QED) is 0.0261. The van der Waals surface area contributed by atoms with Crippen molar-refractivity contribution in [3.63, 3.8) is 0 Å².